The molecule has 14 heavy (non-hydrogen) atoms. The molecular formula is C10H11ClFNO. The second kappa shape index (κ2) is 4.53. The Morgan fingerprint density at radius 1 is 1.64 bits per heavy atom. The Morgan fingerprint density at radius 3 is 2.79 bits per heavy atom. The van der Waals surface area contributed by atoms with E-state index in [1.165, 1.54) is 19.1 Å². The summed E-state index contributed by atoms with van der Waals surface area (Å²) in [6.45, 7) is 1.41. The molecule has 0 amide bonds. The number of carbonyl (C=O) groups excluding carboxylic acids is 1. The molecule has 0 aliphatic heterocycles. The molecule has 0 saturated carbocycles. The van der Waals surface area contributed by atoms with Crippen LogP contribution in [0.3, 0.4) is 0 Å². The van der Waals surface area contributed by atoms with Crippen molar-refractivity contribution in [1.29, 1.82) is 0 Å². The number of ketones is 1. The molecule has 1 rings (SSSR count). The molecule has 1 atom stereocenters. The second-order valence-corrected chi connectivity index (χ2v) is 3.58. The van der Waals surface area contributed by atoms with E-state index in [-0.39, 0.29) is 10.8 Å². The van der Waals surface area contributed by atoms with Gasteiger partial charge < -0.3 is 5.73 Å². The Kier molecular flexibility index (Phi) is 3.61. The van der Waals surface area contributed by atoms with Crippen LogP contribution in [0.4, 0.5) is 4.39 Å². The molecule has 0 heterocycles. The second-order valence-electron chi connectivity index (χ2n) is 3.17. The maximum atomic E-state index is 13.0. The lowest BCUT2D eigenvalue weighted by atomic mass is 10.0. The maximum Gasteiger partial charge on any atom is 0.146 e. The van der Waals surface area contributed by atoms with Crippen molar-refractivity contribution in [3.63, 3.8) is 0 Å². The third-order valence-corrected chi connectivity index (χ3v) is 2.27. The predicted octanol–water partition coefficient (Wildman–Crippen LogP) is 1.94. The van der Waals surface area contributed by atoms with Crippen LogP contribution in [-0.4, -0.2) is 11.8 Å². The van der Waals surface area contributed by atoms with E-state index in [9.17, 15) is 9.18 Å². The van der Waals surface area contributed by atoms with Crippen LogP contribution in [0, 0.1) is 5.82 Å². The van der Waals surface area contributed by atoms with Gasteiger partial charge in [0.25, 0.3) is 0 Å². The van der Waals surface area contributed by atoms with Crippen molar-refractivity contribution < 1.29 is 9.18 Å². The number of rotatable bonds is 3. The zero-order chi connectivity index (χ0) is 10.7. The first kappa shape index (κ1) is 11.1. The van der Waals surface area contributed by atoms with Crippen LogP contribution in [0.5, 0.6) is 0 Å². The van der Waals surface area contributed by atoms with Crippen molar-refractivity contribution in [2.24, 2.45) is 5.73 Å². The first-order valence-electron chi connectivity index (χ1n) is 4.20. The molecule has 0 unspecified atom stereocenters. The largest absolute Gasteiger partial charge is 0.321 e. The Bertz CT molecular complexity index is 354. The zero-order valence-corrected chi connectivity index (χ0v) is 8.51. The average Bonchev–Trinajstić information content (AvgIpc) is 2.11. The molecule has 4 heteroatoms. The molecule has 76 valence electrons. The van der Waals surface area contributed by atoms with E-state index >= 15 is 0 Å². The third kappa shape index (κ3) is 2.79. The first-order valence-corrected chi connectivity index (χ1v) is 4.58. The highest BCUT2D eigenvalue weighted by atomic mass is 35.5. The molecule has 0 aromatic heterocycles. The number of carbonyl (C=O) groups is 1. The highest BCUT2D eigenvalue weighted by Crippen LogP contribution is 2.16. The van der Waals surface area contributed by atoms with E-state index in [1.807, 2.05) is 0 Å². The first-order chi connectivity index (χ1) is 6.50. The van der Waals surface area contributed by atoms with Gasteiger partial charge in [-0.15, -0.1) is 0 Å². The summed E-state index contributed by atoms with van der Waals surface area (Å²) < 4.78 is 13.0. The van der Waals surface area contributed by atoms with Crippen LogP contribution >= 0.6 is 11.6 Å². The molecule has 1 aromatic rings. The molecular weight excluding hydrogens is 205 g/mol. The van der Waals surface area contributed by atoms with Crippen LogP contribution in [0.25, 0.3) is 0 Å². The van der Waals surface area contributed by atoms with Crippen LogP contribution in [0.15, 0.2) is 18.2 Å². The molecule has 0 saturated heterocycles. The van der Waals surface area contributed by atoms with E-state index in [0.717, 1.165) is 0 Å². The van der Waals surface area contributed by atoms with E-state index in [0.29, 0.717) is 12.0 Å². The molecule has 0 aliphatic rings. The van der Waals surface area contributed by atoms with Gasteiger partial charge in [-0.3, -0.25) is 4.79 Å². The van der Waals surface area contributed by atoms with Crippen molar-refractivity contribution in [3.05, 3.63) is 34.6 Å². The van der Waals surface area contributed by atoms with Crippen molar-refractivity contribution in [2.75, 3.05) is 0 Å². The van der Waals surface area contributed by atoms with Gasteiger partial charge in [-0.2, -0.15) is 0 Å². The van der Waals surface area contributed by atoms with Gasteiger partial charge >= 0.3 is 0 Å². The van der Waals surface area contributed by atoms with Gasteiger partial charge in [-0.05, 0) is 31.0 Å². The van der Waals surface area contributed by atoms with Crippen molar-refractivity contribution >= 4 is 17.4 Å². The number of benzene rings is 1. The molecule has 0 spiro atoms. The van der Waals surface area contributed by atoms with E-state index in [2.05, 4.69) is 0 Å². The van der Waals surface area contributed by atoms with E-state index in [1.54, 1.807) is 6.07 Å². The number of nitrogens with two attached hydrogens (primary N) is 1. The fourth-order valence-corrected chi connectivity index (χ4v) is 1.18. The van der Waals surface area contributed by atoms with Crippen molar-refractivity contribution in [1.82, 2.24) is 0 Å². The summed E-state index contributed by atoms with van der Waals surface area (Å²) in [5.41, 5.74) is 6.21. The number of halogens is 2. The van der Waals surface area contributed by atoms with E-state index < -0.39 is 11.9 Å². The summed E-state index contributed by atoms with van der Waals surface area (Å²) in [5, 5.41) is 0.0742. The lowest BCUT2D eigenvalue weighted by molar-refractivity contribution is -0.118. The lowest BCUT2D eigenvalue weighted by Gasteiger charge is -2.07. The van der Waals surface area contributed by atoms with Crippen LogP contribution in [-0.2, 0) is 11.2 Å². The topological polar surface area (TPSA) is 43.1 Å². The third-order valence-electron chi connectivity index (χ3n) is 1.96. The van der Waals surface area contributed by atoms with Crippen LogP contribution in [0.1, 0.15) is 12.5 Å². The molecule has 1 aromatic carbocycles. The quantitative estimate of drug-likeness (QED) is 0.838. The standard InChI is InChI=1S/C10H11ClFNO/c1-6(14)10(13)5-7-2-3-8(11)9(12)4-7/h2-4,10H,5,13H2,1H3/t10-/m1/s1. The minimum absolute atomic E-state index is 0.0742. The predicted molar refractivity (Wildman–Crippen MR) is 53.8 cm³/mol. The highest BCUT2D eigenvalue weighted by molar-refractivity contribution is 6.30. The minimum Gasteiger partial charge on any atom is -0.321 e. The Hall–Kier alpha value is -0.930. The summed E-state index contributed by atoms with van der Waals surface area (Å²) in [6.07, 6.45) is 0.337. The van der Waals surface area contributed by atoms with Crippen LogP contribution < -0.4 is 5.73 Å². The Morgan fingerprint density at radius 2 is 2.29 bits per heavy atom. The van der Waals surface area contributed by atoms with Gasteiger partial charge in [0.05, 0.1) is 11.1 Å². The van der Waals surface area contributed by atoms with Gasteiger partial charge in [-0.25, -0.2) is 4.39 Å². The zero-order valence-electron chi connectivity index (χ0n) is 7.76. The lowest BCUT2D eigenvalue weighted by Crippen LogP contribution is -2.30. The molecule has 2 nitrogen and oxygen atoms in total. The van der Waals surface area contributed by atoms with Crippen molar-refractivity contribution in [3.8, 4) is 0 Å². The van der Waals surface area contributed by atoms with Gasteiger partial charge in [0, 0.05) is 0 Å². The highest BCUT2D eigenvalue weighted by Gasteiger charge is 2.10. The van der Waals surface area contributed by atoms with Gasteiger partial charge in [0.2, 0.25) is 0 Å². The Balaban J connectivity index is 2.78. The molecule has 0 radical (unpaired) electrons. The van der Waals surface area contributed by atoms with Crippen molar-refractivity contribution in [2.45, 2.75) is 19.4 Å². The fraction of sp³-hybridized carbons (Fsp3) is 0.300. The maximum absolute atomic E-state index is 13.0. The number of hydrogen-bond donors (Lipinski definition) is 1. The number of Topliss-reactive ketones (excluding diaryl/α,β-unsaturated/α-hetero) is 1. The van der Waals surface area contributed by atoms with Gasteiger partial charge in [-0.1, -0.05) is 17.7 Å². The molecule has 0 bridgehead atoms. The molecule has 0 aliphatic carbocycles. The summed E-state index contributed by atoms with van der Waals surface area (Å²) >= 11 is 5.51. The normalized spacial score (nSPS) is 12.6. The van der Waals surface area contributed by atoms with E-state index in [4.69, 9.17) is 17.3 Å². The summed E-state index contributed by atoms with van der Waals surface area (Å²) in [6, 6.07) is 3.84. The monoisotopic (exact) mass is 215 g/mol. The fourth-order valence-electron chi connectivity index (χ4n) is 1.06. The SMILES string of the molecule is CC(=O)[C@H](N)Cc1ccc(Cl)c(F)c1. The molecule has 0 fully saturated rings. The summed E-state index contributed by atoms with van der Waals surface area (Å²) in [7, 11) is 0. The number of hydrogen-bond acceptors (Lipinski definition) is 2. The summed E-state index contributed by atoms with van der Waals surface area (Å²) in [4.78, 5) is 10.9. The summed E-state index contributed by atoms with van der Waals surface area (Å²) in [5.74, 6) is -0.597. The minimum atomic E-state index is -0.574. The van der Waals surface area contributed by atoms with Gasteiger partial charge in [0.15, 0.2) is 0 Å². The average molecular weight is 216 g/mol. The Labute approximate surface area is 86.9 Å². The smallest absolute Gasteiger partial charge is 0.146 e. The molecule has 2 N–H and O–H groups in total. The van der Waals surface area contributed by atoms with Crippen LogP contribution in [0.2, 0.25) is 5.02 Å². The van der Waals surface area contributed by atoms with Gasteiger partial charge in [0.1, 0.15) is 11.6 Å².